The second-order valence-electron chi connectivity index (χ2n) is 4.72. The minimum absolute atomic E-state index is 0.549. The van der Waals surface area contributed by atoms with Crippen LogP contribution in [-0.2, 0) is 0 Å². The van der Waals surface area contributed by atoms with Crippen molar-refractivity contribution < 1.29 is 0 Å². The largest absolute Gasteiger partial charge is 0.356 e. The van der Waals surface area contributed by atoms with Gasteiger partial charge in [0.05, 0.1) is 0 Å². The summed E-state index contributed by atoms with van der Waals surface area (Å²) >= 11 is 12.0. The van der Waals surface area contributed by atoms with Gasteiger partial charge in [0.15, 0.2) is 0 Å². The molecule has 1 fully saturated rings. The fourth-order valence-corrected chi connectivity index (χ4v) is 2.81. The molecule has 104 valence electrons. The predicted molar refractivity (Wildman–Crippen MR) is 83.2 cm³/mol. The molecular weight excluding hydrogens is 295 g/mol. The summed E-state index contributed by atoms with van der Waals surface area (Å²) < 4.78 is 0. The molecule has 1 aliphatic heterocycles. The molecule has 1 aromatic carbocycles. The average Bonchev–Trinajstić information content (AvgIpc) is 2.91. The number of halogens is 2. The fourth-order valence-electron chi connectivity index (χ4n) is 2.29. The Bertz CT molecular complexity index is 592. The SMILES string of the molecule is Clc1cc(Cl)cc(Nc2nccc(N3CCCC3)n2)c1. The van der Waals surface area contributed by atoms with E-state index in [4.69, 9.17) is 23.2 Å². The first-order valence-corrected chi connectivity index (χ1v) is 7.27. The monoisotopic (exact) mass is 308 g/mol. The number of rotatable bonds is 3. The van der Waals surface area contributed by atoms with E-state index < -0.39 is 0 Å². The van der Waals surface area contributed by atoms with Crippen LogP contribution in [0, 0.1) is 0 Å². The van der Waals surface area contributed by atoms with E-state index in [1.165, 1.54) is 12.8 Å². The highest BCUT2D eigenvalue weighted by Crippen LogP contribution is 2.25. The minimum atomic E-state index is 0.549. The maximum atomic E-state index is 5.98. The van der Waals surface area contributed by atoms with Gasteiger partial charge in [-0.05, 0) is 37.1 Å². The standard InChI is InChI=1S/C14H14Cl2N4/c15-10-7-11(16)9-12(8-10)18-14-17-4-3-13(19-14)20-5-1-2-6-20/h3-4,7-9H,1-2,5-6H2,(H,17,18,19). The van der Waals surface area contributed by atoms with E-state index in [1.807, 2.05) is 6.07 Å². The molecule has 2 aromatic rings. The molecule has 1 saturated heterocycles. The van der Waals surface area contributed by atoms with Crippen molar-refractivity contribution in [2.45, 2.75) is 12.8 Å². The van der Waals surface area contributed by atoms with Crippen molar-refractivity contribution in [1.29, 1.82) is 0 Å². The van der Waals surface area contributed by atoms with E-state index in [-0.39, 0.29) is 0 Å². The van der Waals surface area contributed by atoms with E-state index in [0.717, 1.165) is 24.6 Å². The molecule has 0 unspecified atom stereocenters. The molecule has 0 saturated carbocycles. The summed E-state index contributed by atoms with van der Waals surface area (Å²) in [5.74, 6) is 1.50. The zero-order chi connectivity index (χ0) is 13.9. The summed E-state index contributed by atoms with van der Waals surface area (Å²) in [6, 6.07) is 7.20. The van der Waals surface area contributed by atoms with Crippen LogP contribution in [0.5, 0.6) is 0 Å². The second-order valence-corrected chi connectivity index (χ2v) is 5.59. The van der Waals surface area contributed by atoms with Gasteiger partial charge in [0.25, 0.3) is 0 Å². The number of anilines is 3. The first-order valence-electron chi connectivity index (χ1n) is 6.52. The van der Waals surface area contributed by atoms with Crippen LogP contribution in [0.1, 0.15) is 12.8 Å². The van der Waals surface area contributed by atoms with Crippen LogP contribution >= 0.6 is 23.2 Å². The van der Waals surface area contributed by atoms with Crippen molar-refractivity contribution in [3.05, 3.63) is 40.5 Å². The number of hydrogen-bond acceptors (Lipinski definition) is 4. The number of nitrogens with one attached hydrogen (secondary N) is 1. The smallest absolute Gasteiger partial charge is 0.229 e. The Morgan fingerprint density at radius 2 is 1.75 bits per heavy atom. The number of aromatic nitrogens is 2. The van der Waals surface area contributed by atoms with Gasteiger partial charge in [-0.25, -0.2) is 4.98 Å². The van der Waals surface area contributed by atoms with Crippen LogP contribution in [-0.4, -0.2) is 23.1 Å². The minimum Gasteiger partial charge on any atom is -0.356 e. The van der Waals surface area contributed by atoms with Gasteiger partial charge in [0, 0.05) is 35.0 Å². The Labute approximate surface area is 127 Å². The lowest BCUT2D eigenvalue weighted by molar-refractivity contribution is 0.930. The third-order valence-electron chi connectivity index (χ3n) is 3.19. The highest BCUT2D eigenvalue weighted by atomic mass is 35.5. The van der Waals surface area contributed by atoms with Crippen LogP contribution in [0.25, 0.3) is 0 Å². The van der Waals surface area contributed by atoms with E-state index in [2.05, 4.69) is 20.2 Å². The zero-order valence-corrected chi connectivity index (χ0v) is 12.3. The number of hydrogen-bond donors (Lipinski definition) is 1. The van der Waals surface area contributed by atoms with E-state index in [0.29, 0.717) is 16.0 Å². The van der Waals surface area contributed by atoms with Crippen LogP contribution in [0.3, 0.4) is 0 Å². The molecule has 0 spiro atoms. The third kappa shape index (κ3) is 3.14. The van der Waals surface area contributed by atoms with Crippen LogP contribution < -0.4 is 10.2 Å². The molecule has 3 rings (SSSR count). The molecular formula is C14H14Cl2N4. The molecule has 1 N–H and O–H groups in total. The van der Waals surface area contributed by atoms with Crippen molar-refractivity contribution in [2.24, 2.45) is 0 Å². The van der Waals surface area contributed by atoms with Crippen molar-refractivity contribution >= 4 is 40.7 Å². The highest BCUT2D eigenvalue weighted by Gasteiger charge is 2.14. The van der Waals surface area contributed by atoms with Crippen LogP contribution in [0.2, 0.25) is 10.0 Å². The molecule has 1 aromatic heterocycles. The topological polar surface area (TPSA) is 41.1 Å². The predicted octanol–water partition coefficient (Wildman–Crippen LogP) is 4.13. The fraction of sp³-hybridized carbons (Fsp3) is 0.286. The summed E-state index contributed by atoms with van der Waals surface area (Å²) in [5, 5.41) is 4.29. The van der Waals surface area contributed by atoms with E-state index >= 15 is 0 Å². The van der Waals surface area contributed by atoms with Gasteiger partial charge in [-0.3, -0.25) is 0 Å². The quantitative estimate of drug-likeness (QED) is 0.925. The van der Waals surface area contributed by atoms with Crippen molar-refractivity contribution in [3.8, 4) is 0 Å². The first kappa shape index (κ1) is 13.5. The molecule has 0 radical (unpaired) electrons. The normalized spacial score (nSPS) is 14.6. The molecule has 0 bridgehead atoms. The molecule has 0 aliphatic carbocycles. The Hall–Kier alpha value is -1.52. The lowest BCUT2D eigenvalue weighted by atomic mass is 10.3. The molecule has 4 nitrogen and oxygen atoms in total. The second kappa shape index (κ2) is 5.85. The Balaban J connectivity index is 1.81. The molecule has 1 aliphatic rings. The molecule has 6 heteroatoms. The Morgan fingerprint density at radius 1 is 1.05 bits per heavy atom. The summed E-state index contributed by atoms with van der Waals surface area (Å²) in [5.41, 5.74) is 0.779. The van der Waals surface area contributed by atoms with Crippen LogP contribution in [0.15, 0.2) is 30.5 Å². The Kier molecular flexibility index (Phi) is 3.94. The average molecular weight is 309 g/mol. The zero-order valence-electron chi connectivity index (χ0n) is 10.8. The van der Waals surface area contributed by atoms with Crippen molar-refractivity contribution in [2.75, 3.05) is 23.3 Å². The third-order valence-corrected chi connectivity index (χ3v) is 3.63. The number of benzene rings is 1. The summed E-state index contributed by atoms with van der Waals surface area (Å²) in [4.78, 5) is 11.0. The molecule has 0 atom stereocenters. The van der Waals surface area contributed by atoms with E-state index in [1.54, 1.807) is 24.4 Å². The van der Waals surface area contributed by atoms with Crippen molar-refractivity contribution in [3.63, 3.8) is 0 Å². The summed E-state index contributed by atoms with van der Waals surface area (Å²) in [7, 11) is 0. The van der Waals surface area contributed by atoms with E-state index in [9.17, 15) is 0 Å². The maximum absolute atomic E-state index is 5.98. The highest BCUT2D eigenvalue weighted by molar-refractivity contribution is 6.35. The molecule has 20 heavy (non-hydrogen) atoms. The van der Waals surface area contributed by atoms with Gasteiger partial charge in [-0.15, -0.1) is 0 Å². The van der Waals surface area contributed by atoms with Gasteiger partial charge in [-0.1, -0.05) is 23.2 Å². The lowest BCUT2D eigenvalue weighted by Crippen LogP contribution is -2.19. The summed E-state index contributed by atoms with van der Waals surface area (Å²) in [6.07, 6.45) is 4.20. The lowest BCUT2D eigenvalue weighted by Gasteiger charge is -2.16. The first-order chi connectivity index (χ1) is 9.70. The summed E-state index contributed by atoms with van der Waals surface area (Å²) in [6.45, 7) is 2.11. The van der Waals surface area contributed by atoms with Crippen LogP contribution in [0.4, 0.5) is 17.5 Å². The molecule has 0 amide bonds. The number of nitrogens with zero attached hydrogens (tertiary/aromatic N) is 3. The van der Waals surface area contributed by atoms with Gasteiger partial charge >= 0.3 is 0 Å². The van der Waals surface area contributed by atoms with Gasteiger partial charge in [0.1, 0.15) is 5.82 Å². The van der Waals surface area contributed by atoms with Gasteiger partial charge < -0.3 is 10.2 Å². The molecule has 2 heterocycles. The van der Waals surface area contributed by atoms with Gasteiger partial charge in [0.2, 0.25) is 5.95 Å². The Morgan fingerprint density at radius 3 is 2.45 bits per heavy atom. The maximum Gasteiger partial charge on any atom is 0.229 e. The van der Waals surface area contributed by atoms with Crippen molar-refractivity contribution in [1.82, 2.24) is 9.97 Å². The van der Waals surface area contributed by atoms with Gasteiger partial charge in [-0.2, -0.15) is 4.98 Å².